The largest absolute Gasteiger partial charge is 0.447 e. The van der Waals surface area contributed by atoms with E-state index < -0.39 is 17.1 Å². The van der Waals surface area contributed by atoms with E-state index in [1.165, 1.54) is 24.0 Å². The molecule has 0 unspecified atom stereocenters. The summed E-state index contributed by atoms with van der Waals surface area (Å²) >= 11 is 0. The Labute approximate surface area is 303 Å². The SMILES string of the molecule is CC(C)OC(=O)Nc1cnc2nc(-c3ccc(N4CCOCC4)cc3)[nH]c2c1.CC(C)OC(=O)Nc1cnc2nc(-c3cccc([N+](=O)[O-])c3)[nH]c2c1. The smallest absolute Gasteiger partial charge is 0.411 e. The van der Waals surface area contributed by atoms with Crippen LogP contribution in [0.1, 0.15) is 27.7 Å². The molecule has 0 saturated carbocycles. The highest BCUT2D eigenvalue weighted by molar-refractivity contribution is 5.89. The molecule has 2 amide bonds. The number of H-pyrrole nitrogens is 2. The summed E-state index contributed by atoms with van der Waals surface area (Å²) in [5, 5.41) is 16.1. The Morgan fingerprint density at radius 3 is 1.83 bits per heavy atom. The molecule has 0 radical (unpaired) electrons. The third-order valence-electron chi connectivity index (χ3n) is 7.70. The fourth-order valence-electron chi connectivity index (χ4n) is 5.35. The summed E-state index contributed by atoms with van der Waals surface area (Å²) in [6.07, 6.45) is 1.53. The monoisotopic (exact) mass is 722 g/mol. The zero-order chi connectivity index (χ0) is 37.5. The van der Waals surface area contributed by atoms with E-state index in [4.69, 9.17) is 14.2 Å². The molecule has 1 aliphatic heterocycles. The Balaban J connectivity index is 0.000000183. The van der Waals surface area contributed by atoms with Crippen molar-refractivity contribution in [3.05, 3.63) is 83.2 Å². The van der Waals surface area contributed by atoms with Crippen molar-refractivity contribution in [1.82, 2.24) is 29.9 Å². The van der Waals surface area contributed by atoms with Crippen LogP contribution < -0.4 is 15.5 Å². The lowest BCUT2D eigenvalue weighted by Gasteiger charge is -2.28. The molecule has 53 heavy (non-hydrogen) atoms. The van der Waals surface area contributed by atoms with Crippen LogP contribution in [0.3, 0.4) is 0 Å². The van der Waals surface area contributed by atoms with Crippen molar-refractivity contribution >= 4 is 57.3 Å². The second kappa shape index (κ2) is 16.2. The zero-order valence-electron chi connectivity index (χ0n) is 29.5. The molecule has 274 valence electrons. The molecular formula is C36H38N10O7. The number of pyridine rings is 2. The summed E-state index contributed by atoms with van der Waals surface area (Å²) in [6.45, 7) is 10.4. The van der Waals surface area contributed by atoms with E-state index in [-0.39, 0.29) is 17.9 Å². The summed E-state index contributed by atoms with van der Waals surface area (Å²) in [6, 6.07) is 17.9. The Kier molecular flexibility index (Phi) is 11.0. The van der Waals surface area contributed by atoms with Crippen LogP contribution in [-0.4, -0.2) is 85.5 Å². The van der Waals surface area contributed by atoms with Crippen LogP contribution in [0.2, 0.25) is 0 Å². The Hall–Kier alpha value is -6.62. The van der Waals surface area contributed by atoms with Crippen LogP contribution in [-0.2, 0) is 14.2 Å². The first-order chi connectivity index (χ1) is 25.5. The number of fused-ring (bicyclic) bond motifs is 2. The van der Waals surface area contributed by atoms with E-state index in [0.29, 0.717) is 39.6 Å². The van der Waals surface area contributed by atoms with E-state index in [0.717, 1.165) is 43.2 Å². The number of ether oxygens (including phenoxy) is 3. The molecule has 0 aliphatic carbocycles. The summed E-state index contributed by atoms with van der Waals surface area (Å²) in [7, 11) is 0. The van der Waals surface area contributed by atoms with Gasteiger partial charge in [0.15, 0.2) is 11.3 Å². The predicted molar refractivity (Wildman–Crippen MR) is 199 cm³/mol. The first-order valence-electron chi connectivity index (χ1n) is 16.9. The third kappa shape index (κ3) is 9.39. The molecule has 1 aliphatic rings. The highest BCUT2D eigenvalue weighted by Gasteiger charge is 2.15. The maximum absolute atomic E-state index is 11.7. The number of nitro groups is 1. The van der Waals surface area contributed by atoms with E-state index in [1.807, 2.05) is 12.1 Å². The lowest BCUT2D eigenvalue weighted by molar-refractivity contribution is -0.384. The van der Waals surface area contributed by atoms with Crippen molar-refractivity contribution in [1.29, 1.82) is 0 Å². The number of nitrogens with zero attached hydrogens (tertiary/aromatic N) is 6. The number of imidazole rings is 2. The first kappa shape index (κ1) is 36.2. The van der Waals surface area contributed by atoms with Gasteiger partial charge in [-0.1, -0.05) is 12.1 Å². The fourth-order valence-corrected chi connectivity index (χ4v) is 5.35. The number of hydrogen-bond acceptors (Lipinski definition) is 12. The van der Waals surface area contributed by atoms with Gasteiger partial charge in [-0.15, -0.1) is 0 Å². The summed E-state index contributed by atoms with van der Waals surface area (Å²) in [5.74, 6) is 1.19. The number of aromatic nitrogens is 6. The van der Waals surface area contributed by atoms with Gasteiger partial charge in [0.05, 0.1) is 65.1 Å². The number of non-ortho nitro benzene ring substituents is 1. The summed E-state index contributed by atoms with van der Waals surface area (Å²) in [5.41, 5.74) is 6.06. The van der Waals surface area contributed by atoms with Crippen molar-refractivity contribution in [3.63, 3.8) is 0 Å². The maximum atomic E-state index is 11.7. The maximum Gasteiger partial charge on any atom is 0.411 e. The number of carbonyl (C=O) groups is 2. The average molecular weight is 723 g/mol. The third-order valence-corrected chi connectivity index (χ3v) is 7.70. The highest BCUT2D eigenvalue weighted by Crippen LogP contribution is 2.26. The minimum absolute atomic E-state index is 0.0234. The lowest BCUT2D eigenvalue weighted by atomic mass is 10.2. The van der Waals surface area contributed by atoms with Crippen molar-refractivity contribution in [2.75, 3.05) is 41.8 Å². The zero-order valence-corrected chi connectivity index (χ0v) is 29.5. The molecule has 1 fully saturated rings. The van der Waals surface area contributed by atoms with Crippen LogP contribution >= 0.6 is 0 Å². The van der Waals surface area contributed by atoms with Gasteiger partial charge in [0.25, 0.3) is 5.69 Å². The molecule has 7 rings (SSSR count). The molecule has 1 saturated heterocycles. The number of aromatic amines is 2. The van der Waals surface area contributed by atoms with Crippen LogP contribution in [0.15, 0.2) is 73.1 Å². The van der Waals surface area contributed by atoms with E-state index >= 15 is 0 Å². The topological polar surface area (TPSA) is 215 Å². The van der Waals surface area contributed by atoms with E-state index in [1.54, 1.807) is 58.2 Å². The van der Waals surface area contributed by atoms with Gasteiger partial charge in [0, 0.05) is 42.0 Å². The molecule has 17 nitrogen and oxygen atoms in total. The Morgan fingerprint density at radius 2 is 1.32 bits per heavy atom. The van der Waals surface area contributed by atoms with Gasteiger partial charge < -0.3 is 29.1 Å². The number of benzene rings is 2. The number of anilines is 3. The van der Waals surface area contributed by atoms with Crippen LogP contribution in [0.5, 0.6) is 0 Å². The van der Waals surface area contributed by atoms with Gasteiger partial charge in [0.2, 0.25) is 0 Å². The standard InChI is InChI=1S/C20H23N5O3.C16H15N5O4/c1-13(2)28-20(26)22-15-11-17-19(21-12-15)24-18(23-17)14-3-5-16(6-4-14)25-7-9-27-10-8-25;1-9(2)25-16(22)18-11-7-13-15(17-8-11)20-14(19-13)10-4-3-5-12(6-10)21(23)24/h3-6,11-13H,7-10H2,1-2H3,(H,22,26)(H,21,23,24);3-9H,1-2H3,(H,18,22)(H,17,19,20). The van der Waals surface area contributed by atoms with Gasteiger partial charge in [-0.05, 0) is 64.1 Å². The second-order valence-electron chi connectivity index (χ2n) is 12.5. The number of nitrogens with one attached hydrogen (secondary N) is 4. The molecule has 2 aromatic carbocycles. The normalized spacial score (nSPS) is 12.8. The van der Waals surface area contributed by atoms with E-state index in [2.05, 4.69) is 57.6 Å². The van der Waals surface area contributed by atoms with Crippen LogP contribution in [0, 0.1) is 10.1 Å². The van der Waals surface area contributed by atoms with Crippen molar-refractivity contribution < 1.29 is 28.7 Å². The van der Waals surface area contributed by atoms with Gasteiger partial charge >= 0.3 is 12.2 Å². The molecule has 0 spiro atoms. The van der Waals surface area contributed by atoms with Crippen molar-refractivity contribution in [2.24, 2.45) is 0 Å². The quantitative estimate of drug-likeness (QED) is 0.0931. The number of hydrogen-bond donors (Lipinski definition) is 4. The molecule has 4 N–H and O–H groups in total. The van der Waals surface area contributed by atoms with Gasteiger partial charge in [-0.2, -0.15) is 0 Å². The number of amides is 2. The summed E-state index contributed by atoms with van der Waals surface area (Å²) < 4.78 is 15.5. The number of rotatable bonds is 8. The minimum atomic E-state index is -0.574. The molecule has 5 heterocycles. The Morgan fingerprint density at radius 1 is 0.792 bits per heavy atom. The fraction of sp³-hybridized carbons (Fsp3) is 0.278. The van der Waals surface area contributed by atoms with Gasteiger partial charge in [-0.3, -0.25) is 20.7 Å². The second-order valence-corrected chi connectivity index (χ2v) is 12.5. The molecular weight excluding hydrogens is 684 g/mol. The predicted octanol–water partition coefficient (Wildman–Crippen LogP) is 6.91. The number of carbonyl (C=O) groups excluding carboxylic acids is 2. The van der Waals surface area contributed by atoms with Gasteiger partial charge in [-0.25, -0.2) is 29.5 Å². The van der Waals surface area contributed by atoms with E-state index in [9.17, 15) is 19.7 Å². The minimum Gasteiger partial charge on any atom is -0.447 e. The van der Waals surface area contributed by atoms with Gasteiger partial charge in [0.1, 0.15) is 11.6 Å². The molecule has 6 aromatic rings. The van der Waals surface area contributed by atoms with Crippen molar-refractivity contribution in [3.8, 4) is 22.8 Å². The summed E-state index contributed by atoms with van der Waals surface area (Å²) in [4.78, 5) is 59.8. The first-order valence-corrected chi connectivity index (χ1v) is 16.9. The number of nitro benzene ring substituents is 1. The van der Waals surface area contributed by atoms with Crippen LogP contribution in [0.4, 0.5) is 32.3 Å². The molecule has 17 heteroatoms. The van der Waals surface area contributed by atoms with Crippen molar-refractivity contribution in [2.45, 2.75) is 39.9 Å². The molecule has 0 bridgehead atoms. The Bertz CT molecular complexity index is 2230. The molecule has 4 aromatic heterocycles. The van der Waals surface area contributed by atoms with Crippen LogP contribution in [0.25, 0.3) is 45.1 Å². The number of morpholine rings is 1. The molecule has 0 atom stereocenters. The highest BCUT2D eigenvalue weighted by atomic mass is 16.6. The lowest BCUT2D eigenvalue weighted by Crippen LogP contribution is -2.36. The average Bonchev–Trinajstić information content (AvgIpc) is 3.76.